The maximum Gasteiger partial charge on any atom is 0.270 e. The van der Waals surface area contributed by atoms with Crippen LogP contribution in [0.5, 0.6) is 11.5 Å². The Morgan fingerprint density at radius 1 is 1.45 bits per heavy atom. The van der Waals surface area contributed by atoms with Gasteiger partial charge in [0.15, 0.2) is 17.8 Å². The summed E-state index contributed by atoms with van der Waals surface area (Å²) in [5, 5.41) is 6.07. The van der Waals surface area contributed by atoms with E-state index >= 15 is 0 Å². The molecule has 1 fully saturated rings. The lowest BCUT2D eigenvalue weighted by Gasteiger charge is -2.21. The van der Waals surface area contributed by atoms with Crippen molar-refractivity contribution in [2.75, 3.05) is 20.4 Å². The van der Waals surface area contributed by atoms with Crippen LogP contribution in [0.3, 0.4) is 0 Å². The molecular formula is C14H17N3O3. The second kappa shape index (κ2) is 5.05. The van der Waals surface area contributed by atoms with Gasteiger partial charge in [-0.1, -0.05) is 13.0 Å². The lowest BCUT2D eigenvalue weighted by atomic mass is 10.1. The third-order valence-electron chi connectivity index (χ3n) is 3.37. The van der Waals surface area contributed by atoms with E-state index in [0.717, 1.165) is 17.9 Å². The molecule has 1 aromatic rings. The van der Waals surface area contributed by atoms with Crippen LogP contribution in [0.4, 0.5) is 0 Å². The molecule has 2 aliphatic heterocycles. The number of ether oxygens (including phenoxy) is 2. The quantitative estimate of drug-likeness (QED) is 0.796. The second-order valence-electron chi connectivity index (χ2n) is 4.69. The number of benzene rings is 1. The van der Waals surface area contributed by atoms with E-state index in [1.807, 2.05) is 43.1 Å². The zero-order valence-electron chi connectivity index (χ0n) is 11.5. The highest BCUT2D eigenvalue weighted by atomic mass is 16.7. The summed E-state index contributed by atoms with van der Waals surface area (Å²) in [5.74, 6) is 1.36. The summed E-state index contributed by atoms with van der Waals surface area (Å²) in [6.45, 7) is 3.03. The molecule has 0 radical (unpaired) electrons. The van der Waals surface area contributed by atoms with Crippen LogP contribution in [0.25, 0.3) is 6.08 Å². The minimum absolute atomic E-state index is 0.0869. The second-order valence-corrected chi connectivity index (χ2v) is 4.69. The first-order valence-corrected chi connectivity index (χ1v) is 6.57. The van der Waals surface area contributed by atoms with Crippen LogP contribution in [0.1, 0.15) is 12.5 Å². The summed E-state index contributed by atoms with van der Waals surface area (Å²) < 4.78 is 10.6. The van der Waals surface area contributed by atoms with Gasteiger partial charge in [0.2, 0.25) is 6.79 Å². The van der Waals surface area contributed by atoms with Crippen LogP contribution in [-0.4, -0.2) is 37.5 Å². The largest absolute Gasteiger partial charge is 0.454 e. The van der Waals surface area contributed by atoms with Crippen LogP contribution in [-0.2, 0) is 4.79 Å². The van der Waals surface area contributed by atoms with E-state index in [2.05, 4.69) is 10.6 Å². The Hall–Kier alpha value is -2.21. The minimum atomic E-state index is -0.159. The van der Waals surface area contributed by atoms with Crippen molar-refractivity contribution in [3.8, 4) is 11.5 Å². The average molecular weight is 275 g/mol. The summed E-state index contributed by atoms with van der Waals surface area (Å²) in [5.41, 5.74) is 1.53. The molecule has 1 unspecified atom stereocenters. The summed E-state index contributed by atoms with van der Waals surface area (Å²) >= 11 is 0. The monoisotopic (exact) mass is 275 g/mol. The molecule has 1 amide bonds. The Morgan fingerprint density at radius 3 is 3.05 bits per heavy atom. The van der Waals surface area contributed by atoms with Crippen molar-refractivity contribution < 1.29 is 14.3 Å². The first-order valence-electron chi connectivity index (χ1n) is 6.57. The van der Waals surface area contributed by atoms with E-state index in [1.165, 1.54) is 0 Å². The number of hydrogen-bond donors (Lipinski definition) is 2. The van der Waals surface area contributed by atoms with Crippen molar-refractivity contribution in [1.29, 1.82) is 0 Å². The van der Waals surface area contributed by atoms with Gasteiger partial charge >= 0.3 is 0 Å². The van der Waals surface area contributed by atoms with Crippen LogP contribution < -0.4 is 20.1 Å². The van der Waals surface area contributed by atoms with Crippen molar-refractivity contribution in [3.05, 3.63) is 29.5 Å². The summed E-state index contributed by atoms with van der Waals surface area (Å²) in [6.07, 6.45) is 1.68. The molecule has 2 N–H and O–H groups in total. The topological polar surface area (TPSA) is 62.8 Å². The third-order valence-corrected chi connectivity index (χ3v) is 3.37. The van der Waals surface area contributed by atoms with E-state index < -0.39 is 0 Å². The molecule has 0 aliphatic carbocycles. The molecule has 106 valence electrons. The molecule has 1 aromatic carbocycles. The molecule has 6 nitrogen and oxygen atoms in total. The number of nitrogens with zero attached hydrogens (tertiary/aromatic N) is 1. The zero-order valence-corrected chi connectivity index (χ0v) is 11.5. The molecule has 3 rings (SSSR count). The standard InChI is InChI=1S/C14H17N3O3/c1-3-15-14-16-13(18)10(17(14)2)6-9-4-5-11-12(7-9)20-8-19-11/h4-7,14-15H,3,8H2,1-2H3,(H,16,18)/b10-6-. The lowest BCUT2D eigenvalue weighted by molar-refractivity contribution is -0.116. The molecular weight excluding hydrogens is 258 g/mol. The first-order chi connectivity index (χ1) is 9.69. The fourth-order valence-corrected chi connectivity index (χ4v) is 2.30. The van der Waals surface area contributed by atoms with Gasteiger partial charge in [-0.25, -0.2) is 0 Å². The van der Waals surface area contributed by atoms with Gasteiger partial charge < -0.3 is 19.7 Å². The SMILES string of the molecule is CCNC1NC(=O)/C(=C/c2ccc3c(c2)OCO3)N1C. The molecule has 20 heavy (non-hydrogen) atoms. The number of carbonyl (C=O) groups is 1. The predicted molar refractivity (Wildman–Crippen MR) is 73.9 cm³/mol. The van der Waals surface area contributed by atoms with Crippen molar-refractivity contribution in [2.24, 2.45) is 0 Å². The highest BCUT2D eigenvalue weighted by Gasteiger charge is 2.30. The van der Waals surface area contributed by atoms with Gasteiger partial charge in [0.25, 0.3) is 5.91 Å². The fourth-order valence-electron chi connectivity index (χ4n) is 2.30. The number of likely N-dealkylation sites (N-methyl/N-ethyl adjacent to an activating group) is 1. The zero-order chi connectivity index (χ0) is 14.1. The van der Waals surface area contributed by atoms with E-state index in [0.29, 0.717) is 11.4 Å². The molecule has 6 heteroatoms. The Balaban J connectivity index is 1.86. The smallest absolute Gasteiger partial charge is 0.270 e. The van der Waals surface area contributed by atoms with E-state index in [9.17, 15) is 4.79 Å². The highest BCUT2D eigenvalue weighted by Crippen LogP contribution is 2.33. The van der Waals surface area contributed by atoms with Crippen molar-refractivity contribution in [2.45, 2.75) is 13.2 Å². The number of rotatable bonds is 3. The van der Waals surface area contributed by atoms with Gasteiger partial charge in [-0.3, -0.25) is 10.1 Å². The third kappa shape index (κ3) is 2.18. The molecule has 2 heterocycles. The Bertz CT molecular complexity index is 571. The maximum absolute atomic E-state index is 12.0. The summed E-state index contributed by atoms with van der Waals surface area (Å²) in [4.78, 5) is 13.9. The minimum Gasteiger partial charge on any atom is -0.454 e. The number of fused-ring (bicyclic) bond motifs is 1. The summed E-state index contributed by atoms with van der Waals surface area (Å²) in [6, 6.07) is 5.63. The highest BCUT2D eigenvalue weighted by molar-refractivity contribution is 5.99. The van der Waals surface area contributed by atoms with Gasteiger partial charge in [-0.15, -0.1) is 0 Å². The van der Waals surface area contributed by atoms with E-state index in [4.69, 9.17) is 9.47 Å². The van der Waals surface area contributed by atoms with Crippen molar-refractivity contribution in [1.82, 2.24) is 15.5 Å². The van der Waals surface area contributed by atoms with Gasteiger partial charge in [0.1, 0.15) is 5.70 Å². The average Bonchev–Trinajstić information content (AvgIpc) is 2.99. The van der Waals surface area contributed by atoms with Crippen LogP contribution in [0.2, 0.25) is 0 Å². The number of hydrogen-bond acceptors (Lipinski definition) is 5. The molecule has 2 aliphatic rings. The van der Waals surface area contributed by atoms with Crippen LogP contribution >= 0.6 is 0 Å². The Labute approximate surface area is 117 Å². The molecule has 0 bridgehead atoms. The maximum atomic E-state index is 12.0. The van der Waals surface area contributed by atoms with Gasteiger partial charge in [-0.2, -0.15) is 0 Å². The van der Waals surface area contributed by atoms with Crippen molar-refractivity contribution in [3.63, 3.8) is 0 Å². The molecule has 1 saturated heterocycles. The molecule has 0 spiro atoms. The number of amides is 1. The van der Waals surface area contributed by atoms with Gasteiger partial charge in [0, 0.05) is 7.05 Å². The van der Waals surface area contributed by atoms with E-state index in [-0.39, 0.29) is 19.0 Å². The molecule has 1 atom stereocenters. The summed E-state index contributed by atoms with van der Waals surface area (Å²) in [7, 11) is 1.88. The number of carbonyl (C=O) groups excluding carboxylic acids is 1. The fraction of sp³-hybridized carbons (Fsp3) is 0.357. The lowest BCUT2D eigenvalue weighted by Crippen LogP contribution is -2.46. The molecule has 0 aromatic heterocycles. The molecule has 0 saturated carbocycles. The Kier molecular flexibility index (Phi) is 3.23. The first kappa shape index (κ1) is 12.8. The normalized spacial score (nSPS) is 22.5. The van der Waals surface area contributed by atoms with Crippen LogP contribution in [0.15, 0.2) is 23.9 Å². The van der Waals surface area contributed by atoms with Gasteiger partial charge in [-0.05, 0) is 30.3 Å². The van der Waals surface area contributed by atoms with E-state index in [1.54, 1.807) is 0 Å². The van der Waals surface area contributed by atoms with Gasteiger partial charge in [0.05, 0.1) is 0 Å². The predicted octanol–water partition coefficient (Wildman–Crippen LogP) is 0.711. The Morgan fingerprint density at radius 2 is 2.25 bits per heavy atom. The van der Waals surface area contributed by atoms with Crippen molar-refractivity contribution >= 4 is 12.0 Å². The van der Waals surface area contributed by atoms with Crippen LogP contribution in [0, 0.1) is 0 Å². The number of nitrogens with one attached hydrogen (secondary N) is 2.